The van der Waals surface area contributed by atoms with Crippen LogP contribution in [0.1, 0.15) is 254 Å². The number of amides is 1. The SMILES string of the molecule is CCCCCCCCCCCCCCCCCC(=O)OC(C)(COCCCC)SC[C@H](NC(=O)CCCCCCCCCCCCCCC)C(=O)OC(C)(C)C. The number of hydrogen-bond donors (Lipinski definition) is 1. The van der Waals surface area contributed by atoms with Gasteiger partial charge in [0.2, 0.25) is 5.91 Å². The summed E-state index contributed by atoms with van der Waals surface area (Å²) in [7, 11) is 0. The van der Waals surface area contributed by atoms with Gasteiger partial charge in [-0.25, -0.2) is 4.79 Å². The van der Waals surface area contributed by atoms with Crippen molar-refractivity contribution in [2.75, 3.05) is 19.0 Å². The van der Waals surface area contributed by atoms with E-state index < -0.39 is 22.5 Å². The smallest absolute Gasteiger partial charge is 0.330 e. The summed E-state index contributed by atoms with van der Waals surface area (Å²) in [5.74, 6) is -0.634. The minimum absolute atomic E-state index is 0.143. The third-order valence-corrected chi connectivity index (χ3v) is 11.7. The summed E-state index contributed by atoms with van der Waals surface area (Å²) < 4.78 is 17.7. The van der Waals surface area contributed by atoms with Gasteiger partial charge in [-0.3, -0.25) is 9.59 Å². The molecule has 1 unspecified atom stereocenters. The molecule has 1 amide bonds. The maximum absolute atomic E-state index is 13.3. The normalized spacial score (nSPS) is 13.3. The molecule has 2 atom stereocenters. The van der Waals surface area contributed by atoms with Gasteiger partial charge in [-0.15, -0.1) is 11.8 Å². The zero-order valence-electron chi connectivity index (χ0n) is 38.2. The average molecular weight is 812 g/mol. The fourth-order valence-electron chi connectivity index (χ4n) is 6.91. The lowest BCUT2D eigenvalue weighted by atomic mass is 10.0. The van der Waals surface area contributed by atoms with Gasteiger partial charge in [0.25, 0.3) is 0 Å². The highest BCUT2D eigenvalue weighted by Gasteiger charge is 2.34. The van der Waals surface area contributed by atoms with Crippen LogP contribution in [0.4, 0.5) is 0 Å². The molecule has 0 aliphatic rings. The Morgan fingerprint density at radius 3 is 1.27 bits per heavy atom. The monoisotopic (exact) mass is 812 g/mol. The van der Waals surface area contributed by atoms with Gasteiger partial charge in [-0.05, 0) is 47.0 Å². The maximum atomic E-state index is 13.3. The zero-order valence-corrected chi connectivity index (χ0v) is 39.0. The molecule has 7 nitrogen and oxygen atoms in total. The Balaban J connectivity index is 4.72. The van der Waals surface area contributed by atoms with E-state index in [4.69, 9.17) is 14.2 Å². The number of nitrogens with one attached hydrogen (secondary N) is 1. The van der Waals surface area contributed by atoms with E-state index in [0.717, 1.165) is 51.4 Å². The predicted octanol–water partition coefficient (Wildman–Crippen LogP) is 14.4. The van der Waals surface area contributed by atoms with Crippen LogP contribution in [-0.2, 0) is 28.6 Å². The second-order valence-electron chi connectivity index (χ2n) is 17.7. The Morgan fingerprint density at radius 1 is 0.500 bits per heavy atom. The number of unbranched alkanes of at least 4 members (excludes halogenated alkanes) is 27. The third kappa shape index (κ3) is 37.0. The van der Waals surface area contributed by atoms with Crippen molar-refractivity contribution >= 4 is 29.6 Å². The molecule has 1 N–H and O–H groups in total. The van der Waals surface area contributed by atoms with E-state index in [0.29, 0.717) is 19.4 Å². The molecule has 56 heavy (non-hydrogen) atoms. The Morgan fingerprint density at radius 2 is 0.875 bits per heavy atom. The highest BCUT2D eigenvalue weighted by atomic mass is 32.2. The van der Waals surface area contributed by atoms with Crippen LogP contribution >= 0.6 is 11.8 Å². The van der Waals surface area contributed by atoms with Crippen LogP contribution in [0.25, 0.3) is 0 Å². The van der Waals surface area contributed by atoms with Crippen molar-refractivity contribution < 1.29 is 28.6 Å². The average Bonchev–Trinajstić information content (AvgIpc) is 3.14. The van der Waals surface area contributed by atoms with E-state index >= 15 is 0 Å². The third-order valence-electron chi connectivity index (χ3n) is 10.4. The molecule has 0 saturated heterocycles. The lowest BCUT2D eigenvalue weighted by Crippen LogP contribution is -2.47. The van der Waals surface area contributed by atoms with E-state index in [-0.39, 0.29) is 24.2 Å². The van der Waals surface area contributed by atoms with Gasteiger partial charge in [0.15, 0.2) is 4.93 Å². The molecule has 332 valence electrons. The maximum Gasteiger partial charge on any atom is 0.330 e. The predicted molar refractivity (Wildman–Crippen MR) is 240 cm³/mol. The molecular weight excluding hydrogens is 719 g/mol. The molecular formula is C48H93NO6S. The van der Waals surface area contributed by atoms with Gasteiger partial charge in [-0.1, -0.05) is 194 Å². The van der Waals surface area contributed by atoms with Crippen molar-refractivity contribution in [3.05, 3.63) is 0 Å². The number of ether oxygens (including phenoxy) is 3. The van der Waals surface area contributed by atoms with Crippen LogP contribution < -0.4 is 5.32 Å². The number of esters is 2. The summed E-state index contributed by atoms with van der Waals surface area (Å²) in [6.45, 7) is 14.8. The second-order valence-corrected chi connectivity index (χ2v) is 19.2. The summed E-state index contributed by atoms with van der Waals surface area (Å²) >= 11 is 1.34. The minimum atomic E-state index is -0.986. The molecule has 0 aromatic heterocycles. The van der Waals surface area contributed by atoms with Crippen molar-refractivity contribution in [1.82, 2.24) is 5.32 Å². The summed E-state index contributed by atoms with van der Waals surface area (Å²) in [6, 6.07) is -0.849. The molecule has 0 heterocycles. The largest absolute Gasteiger partial charge is 0.458 e. The molecule has 0 radical (unpaired) electrons. The molecule has 0 aromatic carbocycles. The molecule has 0 rings (SSSR count). The van der Waals surface area contributed by atoms with E-state index in [9.17, 15) is 14.4 Å². The summed E-state index contributed by atoms with van der Waals surface area (Å²) in [5.41, 5.74) is -0.688. The van der Waals surface area contributed by atoms with Gasteiger partial charge >= 0.3 is 11.9 Å². The van der Waals surface area contributed by atoms with Crippen molar-refractivity contribution in [3.63, 3.8) is 0 Å². The lowest BCUT2D eigenvalue weighted by Gasteiger charge is -2.31. The standard InChI is InChI=1S/C48H93NO6S/c1-8-11-14-16-18-20-22-24-25-27-29-31-33-35-37-39-45(51)54-48(7,42-53-40-13-10-3)56-41-43(46(52)55-47(4,5)6)49-44(50)38-36-34-32-30-28-26-23-21-19-17-15-12-9-2/h43H,8-42H2,1-7H3,(H,49,50)/t43-,48?/m0/s1. The van der Waals surface area contributed by atoms with E-state index in [1.54, 1.807) is 0 Å². The van der Waals surface area contributed by atoms with E-state index in [1.807, 2.05) is 27.7 Å². The highest BCUT2D eigenvalue weighted by Crippen LogP contribution is 2.30. The zero-order chi connectivity index (χ0) is 41.6. The molecule has 0 bridgehead atoms. The Bertz CT molecular complexity index is 924. The first kappa shape index (κ1) is 54.7. The quantitative estimate of drug-likeness (QED) is 0.0373. The van der Waals surface area contributed by atoms with Gasteiger partial charge in [-0.2, -0.15) is 0 Å². The highest BCUT2D eigenvalue weighted by molar-refractivity contribution is 8.00. The van der Waals surface area contributed by atoms with Gasteiger partial charge in [0, 0.05) is 25.2 Å². The van der Waals surface area contributed by atoms with Crippen LogP contribution in [0.15, 0.2) is 0 Å². The van der Waals surface area contributed by atoms with Crippen molar-refractivity contribution in [3.8, 4) is 0 Å². The number of hydrogen-bond acceptors (Lipinski definition) is 7. The topological polar surface area (TPSA) is 90.9 Å². The Hall–Kier alpha value is -1.28. The number of thioether (sulfide) groups is 1. The van der Waals surface area contributed by atoms with E-state index in [1.165, 1.54) is 153 Å². The summed E-state index contributed by atoms with van der Waals surface area (Å²) in [4.78, 5) is 38.4. The van der Waals surface area contributed by atoms with Gasteiger partial charge in [0.1, 0.15) is 11.6 Å². The molecule has 0 spiro atoms. The molecule has 8 heteroatoms. The number of carbonyl (C=O) groups is 3. The van der Waals surface area contributed by atoms with Crippen molar-refractivity contribution in [1.29, 1.82) is 0 Å². The van der Waals surface area contributed by atoms with Crippen LogP contribution in [0.3, 0.4) is 0 Å². The van der Waals surface area contributed by atoms with E-state index in [2.05, 4.69) is 26.1 Å². The van der Waals surface area contributed by atoms with Gasteiger partial charge < -0.3 is 19.5 Å². The first-order valence-corrected chi connectivity index (χ1v) is 24.9. The number of rotatable bonds is 41. The first-order valence-electron chi connectivity index (χ1n) is 23.9. The van der Waals surface area contributed by atoms with Crippen molar-refractivity contribution in [2.45, 2.75) is 271 Å². The molecule has 0 aliphatic heterocycles. The number of carbonyl (C=O) groups excluding carboxylic acids is 3. The van der Waals surface area contributed by atoms with Crippen LogP contribution in [0.5, 0.6) is 0 Å². The van der Waals surface area contributed by atoms with Crippen LogP contribution in [0, 0.1) is 0 Å². The summed E-state index contributed by atoms with van der Waals surface area (Å²) in [6.07, 6.45) is 38.1. The fourth-order valence-corrected chi connectivity index (χ4v) is 7.97. The van der Waals surface area contributed by atoms with Crippen LogP contribution in [0.2, 0.25) is 0 Å². The fraction of sp³-hybridized carbons (Fsp3) is 0.938. The molecule has 0 aliphatic carbocycles. The summed E-state index contributed by atoms with van der Waals surface area (Å²) in [5, 5.41) is 2.95. The van der Waals surface area contributed by atoms with Crippen LogP contribution in [-0.4, -0.2) is 53.4 Å². The lowest BCUT2D eigenvalue weighted by molar-refractivity contribution is -0.157. The first-order chi connectivity index (χ1) is 27.0. The van der Waals surface area contributed by atoms with Crippen molar-refractivity contribution in [2.24, 2.45) is 0 Å². The van der Waals surface area contributed by atoms with Gasteiger partial charge in [0.05, 0.1) is 6.61 Å². The Kier molecular flexibility index (Phi) is 37.1. The molecule has 0 fully saturated rings. The second kappa shape index (κ2) is 38.0. The minimum Gasteiger partial charge on any atom is -0.458 e. The molecule has 0 aromatic rings. The Labute approximate surface area is 351 Å². The molecule has 0 saturated carbocycles.